The van der Waals surface area contributed by atoms with Crippen molar-refractivity contribution < 1.29 is 27.9 Å². The zero-order valence-corrected chi connectivity index (χ0v) is 17.9. The normalized spacial score (nSPS) is 13.6. The molecule has 8 heteroatoms. The molecule has 0 spiro atoms. The van der Waals surface area contributed by atoms with Crippen LogP contribution in [0.1, 0.15) is 56.5 Å². The molecule has 0 saturated heterocycles. The zero-order chi connectivity index (χ0) is 23.7. The molecule has 1 aliphatic rings. The Balaban J connectivity index is 1.55. The molecule has 6 nitrogen and oxygen atoms in total. The summed E-state index contributed by atoms with van der Waals surface area (Å²) in [4.78, 5) is 39.6. The van der Waals surface area contributed by atoms with Gasteiger partial charge in [0.1, 0.15) is 17.4 Å². The van der Waals surface area contributed by atoms with Crippen LogP contribution >= 0.6 is 0 Å². The van der Waals surface area contributed by atoms with Gasteiger partial charge in [0.2, 0.25) is 0 Å². The first-order valence-electron chi connectivity index (χ1n) is 10.3. The molecule has 0 fully saturated rings. The summed E-state index contributed by atoms with van der Waals surface area (Å²) in [7, 11) is 0. The molecule has 3 amide bonds. The molecular formula is C25H20F2N2O4. The first-order chi connectivity index (χ1) is 15.8. The molecule has 0 aliphatic carbocycles. The van der Waals surface area contributed by atoms with E-state index in [0.717, 1.165) is 17.0 Å². The maximum absolute atomic E-state index is 14.0. The highest BCUT2D eigenvalue weighted by atomic mass is 19.1. The SMILES string of the molecule is CCOc1ccc(N2C(=O)c3ccc(C(=O)NC(C)c4ccc(F)cc4F)cc3C2=O)cc1. The second-order valence-electron chi connectivity index (χ2n) is 7.49. The number of carbonyl (C=O) groups is 3. The summed E-state index contributed by atoms with van der Waals surface area (Å²) in [6.07, 6.45) is 0. The minimum absolute atomic E-state index is 0.0992. The molecule has 1 heterocycles. The van der Waals surface area contributed by atoms with E-state index in [1.54, 1.807) is 31.2 Å². The molecule has 3 aromatic rings. The van der Waals surface area contributed by atoms with Crippen molar-refractivity contribution in [2.24, 2.45) is 0 Å². The van der Waals surface area contributed by atoms with E-state index in [9.17, 15) is 23.2 Å². The molecule has 1 aliphatic heterocycles. The Morgan fingerprint density at radius 3 is 2.33 bits per heavy atom. The Morgan fingerprint density at radius 2 is 1.67 bits per heavy atom. The van der Waals surface area contributed by atoms with Gasteiger partial charge in [-0.3, -0.25) is 14.4 Å². The Labute approximate surface area is 188 Å². The number of hydrogen-bond acceptors (Lipinski definition) is 4. The molecule has 1 N–H and O–H groups in total. The smallest absolute Gasteiger partial charge is 0.266 e. The maximum Gasteiger partial charge on any atom is 0.266 e. The lowest BCUT2D eigenvalue weighted by atomic mass is 10.0. The van der Waals surface area contributed by atoms with E-state index in [1.165, 1.54) is 24.3 Å². The number of rotatable bonds is 6. The molecule has 3 aromatic carbocycles. The van der Waals surface area contributed by atoms with Crippen molar-refractivity contribution in [3.63, 3.8) is 0 Å². The van der Waals surface area contributed by atoms with E-state index in [4.69, 9.17) is 4.74 Å². The van der Waals surface area contributed by atoms with Crippen molar-refractivity contribution >= 4 is 23.4 Å². The van der Waals surface area contributed by atoms with Crippen LogP contribution in [0.4, 0.5) is 14.5 Å². The highest BCUT2D eigenvalue weighted by Gasteiger charge is 2.37. The largest absolute Gasteiger partial charge is 0.494 e. The molecule has 33 heavy (non-hydrogen) atoms. The summed E-state index contributed by atoms with van der Waals surface area (Å²) in [5, 5.41) is 2.63. The Kier molecular flexibility index (Phi) is 5.91. The summed E-state index contributed by atoms with van der Waals surface area (Å²) in [6, 6.07) is 13.1. The third-order valence-corrected chi connectivity index (χ3v) is 5.33. The van der Waals surface area contributed by atoms with Crippen LogP contribution in [0.25, 0.3) is 0 Å². The number of halogens is 2. The lowest BCUT2D eigenvalue weighted by Gasteiger charge is -2.15. The van der Waals surface area contributed by atoms with Crippen molar-refractivity contribution in [3.8, 4) is 5.75 Å². The van der Waals surface area contributed by atoms with Crippen LogP contribution in [-0.4, -0.2) is 24.3 Å². The van der Waals surface area contributed by atoms with Gasteiger partial charge in [0.15, 0.2) is 0 Å². The Bertz CT molecular complexity index is 1260. The number of fused-ring (bicyclic) bond motifs is 1. The van der Waals surface area contributed by atoms with Crippen molar-refractivity contribution in [2.45, 2.75) is 19.9 Å². The van der Waals surface area contributed by atoms with Crippen molar-refractivity contribution in [3.05, 3.63) is 94.6 Å². The second-order valence-corrected chi connectivity index (χ2v) is 7.49. The summed E-state index contributed by atoms with van der Waals surface area (Å²) in [5.74, 6) is -2.48. The van der Waals surface area contributed by atoms with Crippen LogP contribution in [0.15, 0.2) is 60.7 Å². The van der Waals surface area contributed by atoms with Gasteiger partial charge >= 0.3 is 0 Å². The number of ether oxygens (including phenoxy) is 1. The van der Waals surface area contributed by atoms with E-state index in [1.807, 2.05) is 6.92 Å². The van der Waals surface area contributed by atoms with Crippen LogP contribution in [0, 0.1) is 11.6 Å². The van der Waals surface area contributed by atoms with Crippen molar-refractivity contribution in [1.82, 2.24) is 5.32 Å². The number of nitrogens with one attached hydrogen (secondary N) is 1. The first kappa shape index (κ1) is 22.1. The molecule has 0 radical (unpaired) electrons. The lowest BCUT2D eigenvalue weighted by Crippen LogP contribution is -2.29. The van der Waals surface area contributed by atoms with Crippen LogP contribution in [-0.2, 0) is 0 Å². The minimum Gasteiger partial charge on any atom is -0.494 e. The number of benzene rings is 3. The van der Waals surface area contributed by atoms with Crippen molar-refractivity contribution in [1.29, 1.82) is 0 Å². The van der Waals surface area contributed by atoms with Crippen LogP contribution < -0.4 is 15.0 Å². The quantitative estimate of drug-likeness (QED) is 0.555. The van der Waals surface area contributed by atoms with Gasteiger partial charge in [-0.25, -0.2) is 13.7 Å². The predicted octanol–water partition coefficient (Wildman–Crippen LogP) is 4.66. The van der Waals surface area contributed by atoms with Gasteiger partial charge in [0.25, 0.3) is 17.7 Å². The van der Waals surface area contributed by atoms with Crippen molar-refractivity contribution in [2.75, 3.05) is 11.5 Å². The van der Waals surface area contributed by atoms with E-state index in [2.05, 4.69) is 5.32 Å². The van der Waals surface area contributed by atoms with E-state index >= 15 is 0 Å². The summed E-state index contributed by atoms with van der Waals surface area (Å²) >= 11 is 0. The number of amides is 3. The lowest BCUT2D eigenvalue weighted by molar-refractivity contribution is 0.0921. The topological polar surface area (TPSA) is 75.7 Å². The summed E-state index contributed by atoms with van der Waals surface area (Å²) in [5.41, 5.74) is 0.929. The van der Waals surface area contributed by atoms with E-state index in [-0.39, 0.29) is 22.3 Å². The van der Waals surface area contributed by atoms with Gasteiger partial charge in [0.05, 0.1) is 29.5 Å². The fourth-order valence-electron chi connectivity index (χ4n) is 3.69. The van der Waals surface area contributed by atoms with Gasteiger partial charge in [0, 0.05) is 17.2 Å². The fourth-order valence-corrected chi connectivity index (χ4v) is 3.69. The average Bonchev–Trinajstić information content (AvgIpc) is 3.04. The molecule has 0 aromatic heterocycles. The van der Waals surface area contributed by atoms with E-state index < -0.39 is 35.4 Å². The standard InChI is InChI=1S/C25H20F2N2O4/c1-3-33-18-8-6-17(7-9-18)29-24(31)20-10-4-15(12-21(20)25(29)32)23(30)28-14(2)19-11-5-16(26)13-22(19)27/h4-14H,3H2,1-2H3,(H,28,30). The zero-order valence-electron chi connectivity index (χ0n) is 17.9. The van der Waals surface area contributed by atoms with Gasteiger partial charge in [-0.05, 0) is 62.4 Å². The van der Waals surface area contributed by atoms with Crippen LogP contribution in [0.3, 0.4) is 0 Å². The summed E-state index contributed by atoms with van der Waals surface area (Å²) < 4.78 is 32.5. The minimum atomic E-state index is -0.775. The maximum atomic E-state index is 14.0. The fraction of sp³-hybridized carbons (Fsp3) is 0.160. The molecular weight excluding hydrogens is 430 g/mol. The third kappa shape index (κ3) is 4.19. The number of anilines is 1. The highest BCUT2D eigenvalue weighted by Crippen LogP contribution is 2.30. The Morgan fingerprint density at radius 1 is 0.970 bits per heavy atom. The number of hydrogen-bond donors (Lipinski definition) is 1. The molecule has 0 bridgehead atoms. The van der Waals surface area contributed by atoms with Crippen LogP contribution in [0.2, 0.25) is 0 Å². The number of nitrogens with zero attached hydrogens (tertiary/aromatic N) is 1. The van der Waals surface area contributed by atoms with E-state index in [0.29, 0.717) is 18.0 Å². The van der Waals surface area contributed by atoms with Gasteiger partial charge in [-0.1, -0.05) is 6.07 Å². The number of carbonyl (C=O) groups excluding carboxylic acids is 3. The monoisotopic (exact) mass is 450 g/mol. The molecule has 1 atom stereocenters. The average molecular weight is 450 g/mol. The van der Waals surface area contributed by atoms with Gasteiger partial charge < -0.3 is 10.1 Å². The molecule has 0 saturated carbocycles. The molecule has 168 valence electrons. The van der Waals surface area contributed by atoms with Gasteiger partial charge in [-0.2, -0.15) is 0 Å². The number of imide groups is 1. The highest BCUT2D eigenvalue weighted by molar-refractivity contribution is 6.34. The Hall–Kier alpha value is -4.07. The molecule has 4 rings (SSSR count). The molecule has 1 unspecified atom stereocenters. The second kappa shape index (κ2) is 8.82. The van der Waals surface area contributed by atoms with Gasteiger partial charge in [-0.15, -0.1) is 0 Å². The third-order valence-electron chi connectivity index (χ3n) is 5.33. The summed E-state index contributed by atoms with van der Waals surface area (Å²) in [6.45, 7) is 3.90. The first-order valence-corrected chi connectivity index (χ1v) is 10.3. The predicted molar refractivity (Wildman–Crippen MR) is 117 cm³/mol. The van der Waals surface area contributed by atoms with Crippen LogP contribution in [0.5, 0.6) is 5.75 Å².